The largest absolute Gasteiger partial charge is 0.493 e. The van der Waals surface area contributed by atoms with E-state index in [9.17, 15) is 0 Å². The Bertz CT molecular complexity index is 570. The van der Waals surface area contributed by atoms with Gasteiger partial charge in [-0.1, -0.05) is 17.9 Å². The number of imidazole rings is 1. The van der Waals surface area contributed by atoms with Crippen LogP contribution in [0.25, 0.3) is 0 Å². The first-order chi connectivity index (χ1) is 9.88. The molecule has 0 amide bonds. The molecule has 0 atom stereocenters. The van der Waals surface area contributed by atoms with Gasteiger partial charge in [-0.3, -0.25) is 0 Å². The van der Waals surface area contributed by atoms with Crippen LogP contribution < -0.4 is 4.74 Å². The van der Waals surface area contributed by atoms with Gasteiger partial charge in [-0.15, -0.1) is 11.6 Å². The summed E-state index contributed by atoms with van der Waals surface area (Å²) < 4.78 is 7.76. The molecule has 0 saturated heterocycles. The molecule has 3 nitrogen and oxygen atoms in total. The minimum atomic E-state index is 0.567. The number of nitrogens with zero attached hydrogens (tertiary/aromatic N) is 2. The third-order valence-corrected chi connectivity index (χ3v) is 2.86. The first-order valence-electron chi connectivity index (χ1n) is 6.62. The lowest BCUT2D eigenvalue weighted by atomic mass is 10.2. The molecule has 0 N–H and O–H groups in total. The molecule has 0 aliphatic rings. The molecule has 4 heteroatoms. The van der Waals surface area contributed by atoms with E-state index in [1.54, 1.807) is 6.20 Å². The van der Waals surface area contributed by atoms with Gasteiger partial charge in [-0.2, -0.15) is 0 Å². The molecule has 1 heterocycles. The summed E-state index contributed by atoms with van der Waals surface area (Å²) in [5, 5.41) is 0. The molecule has 2 aromatic rings. The van der Waals surface area contributed by atoms with Gasteiger partial charge in [-0.25, -0.2) is 4.98 Å². The van der Waals surface area contributed by atoms with E-state index < -0.39 is 0 Å². The van der Waals surface area contributed by atoms with Crippen molar-refractivity contribution in [1.82, 2.24) is 9.55 Å². The molecule has 2 rings (SSSR count). The number of ether oxygens (including phenoxy) is 1. The maximum absolute atomic E-state index is 5.72. The molecule has 0 unspecified atom stereocenters. The van der Waals surface area contributed by atoms with Crippen molar-refractivity contribution in [2.24, 2.45) is 0 Å². The lowest BCUT2D eigenvalue weighted by Crippen LogP contribution is -2.03. The normalized spacial score (nSPS) is 9.85. The predicted octanol–water partition coefficient (Wildman–Crippen LogP) is 3.33. The molecule has 0 radical (unpaired) electrons. The van der Waals surface area contributed by atoms with Crippen molar-refractivity contribution in [2.75, 3.05) is 12.5 Å². The number of benzene rings is 1. The van der Waals surface area contributed by atoms with Gasteiger partial charge in [0.15, 0.2) is 0 Å². The van der Waals surface area contributed by atoms with Gasteiger partial charge >= 0.3 is 0 Å². The van der Waals surface area contributed by atoms with E-state index in [0.717, 1.165) is 24.3 Å². The summed E-state index contributed by atoms with van der Waals surface area (Å²) >= 11 is 5.59. The Morgan fingerprint density at radius 2 is 2.30 bits per heavy atom. The Morgan fingerprint density at radius 3 is 3.10 bits per heavy atom. The first kappa shape index (κ1) is 14.5. The van der Waals surface area contributed by atoms with Crippen LogP contribution in [0.2, 0.25) is 0 Å². The maximum atomic E-state index is 5.72. The van der Waals surface area contributed by atoms with Crippen LogP contribution >= 0.6 is 11.6 Å². The quantitative estimate of drug-likeness (QED) is 0.463. The average Bonchev–Trinajstić information content (AvgIpc) is 2.98. The van der Waals surface area contributed by atoms with Crippen LogP contribution in [-0.4, -0.2) is 22.0 Å². The minimum Gasteiger partial charge on any atom is -0.493 e. The fourth-order valence-corrected chi connectivity index (χ4v) is 1.83. The average molecular weight is 289 g/mol. The van der Waals surface area contributed by atoms with Crippen molar-refractivity contribution >= 4 is 11.6 Å². The summed E-state index contributed by atoms with van der Waals surface area (Å²) in [6.45, 7) is 1.59. The smallest absolute Gasteiger partial charge is 0.120 e. The molecule has 1 aromatic heterocycles. The monoisotopic (exact) mass is 288 g/mol. The Morgan fingerprint density at radius 1 is 1.35 bits per heavy atom. The van der Waals surface area contributed by atoms with Gasteiger partial charge < -0.3 is 9.30 Å². The van der Waals surface area contributed by atoms with E-state index in [1.807, 2.05) is 41.4 Å². The lowest BCUT2D eigenvalue weighted by Gasteiger charge is -2.06. The highest BCUT2D eigenvalue weighted by Crippen LogP contribution is 2.13. The van der Waals surface area contributed by atoms with Crippen LogP contribution in [0.1, 0.15) is 18.4 Å². The van der Waals surface area contributed by atoms with Crippen molar-refractivity contribution in [3.8, 4) is 17.6 Å². The van der Waals surface area contributed by atoms with Crippen LogP contribution in [0.3, 0.4) is 0 Å². The molecule has 0 aliphatic heterocycles. The van der Waals surface area contributed by atoms with E-state index in [2.05, 4.69) is 16.8 Å². The highest BCUT2D eigenvalue weighted by atomic mass is 35.5. The molecule has 0 aliphatic carbocycles. The number of rotatable bonds is 6. The second kappa shape index (κ2) is 8.29. The van der Waals surface area contributed by atoms with Crippen molar-refractivity contribution in [2.45, 2.75) is 19.4 Å². The topological polar surface area (TPSA) is 27.1 Å². The first-order valence-corrected chi connectivity index (χ1v) is 7.15. The number of hydrogen-bond donors (Lipinski definition) is 0. The Kier molecular flexibility index (Phi) is 6.01. The van der Waals surface area contributed by atoms with Crippen LogP contribution in [0.4, 0.5) is 0 Å². The number of hydrogen-bond acceptors (Lipinski definition) is 2. The number of alkyl halides is 1. The molecular weight excluding hydrogens is 272 g/mol. The van der Waals surface area contributed by atoms with Crippen LogP contribution in [0.5, 0.6) is 5.75 Å². The molecule has 104 valence electrons. The van der Waals surface area contributed by atoms with Gasteiger partial charge in [0, 0.05) is 36.8 Å². The molecular formula is C16H17ClN2O. The van der Waals surface area contributed by atoms with Crippen LogP contribution in [-0.2, 0) is 6.54 Å². The van der Waals surface area contributed by atoms with Gasteiger partial charge in [-0.05, 0) is 24.6 Å². The van der Waals surface area contributed by atoms with E-state index in [-0.39, 0.29) is 0 Å². The Hall–Kier alpha value is -1.92. The maximum Gasteiger partial charge on any atom is 0.120 e. The van der Waals surface area contributed by atoms with Crippen molar-refractivity contribution < 1.29 is 4.74 Å². The molecule has 1 aromatic carbocycles. The summed E-state index contributed by atoms with van der Waals surface area (Å²) in [7, 11) is 0. The van der Waals surface area contributed by atoms with E-state index in [0.29, 0.717) is 18.9 Å². The van der Waals surface area contributed by atoms with Crippen molar-refractivity contribution in [3.63, 3.8) is 0 Å². The van der Waals surface area contributed by atoms with E-state index in [1.165, 1.54) is 0 Å². The SMILES string of the molecule is ClCCC#Cc1cccc(OCCCn2ccnc2)c1. The van der Waals surface area contributed by atoms with Gasteiger partial charge in [0.25, 0.3) is 0 Å². The lowest BCUT2D eigenvalue weighted by molar-refractivity contribution is 0.301. The van der Waals surface area contributed by atoms with Gasteiger partial charge in [0.2, 0.25) is 0 Å². The zero-order valence-corrected chi connectivity index (χ0v) is 12.0. The second-order valence-corrected chi connectivity index (χ2v) is 4.65. The molecule has 0 saturated carbocycles. The summed E-state index contributed by atoms with van der Waals surface area (Å²) in [5.74, 6) is 7.51. The van der Waals surface area contributed by atoms with Crippen LogP contribution in [0.15, 0.2) is 43.0 Å². The third kappa shape index (κ3) is 4.99. The predicted molar refractivity (Wildman–Crippen MR) is 81.0 cm³/mol. The number of aryl methyl sites for hydroxylation is 1. The highest BCUT2D eigenvalue weighted by molar-refractivity contribution is 6.18. The van der Waals surface area contributed by atoms with Gasteiger partial charge in [0.05, 0.1) is 12.9 Å². The number of aromatic nitrogens is 2. The minimum absolute atomic E-state index is 0.567. The van der Waals surface area contributed by atoms with E-state index >= 15 is 0 Å². The Balaban J connectivity index is 1.78. The molecule has 0 fully saturated rings. The van der Waals surface area contributed by atoms with Gasteiger partial charge in [0.1, 0.15) is 5.75 Å². The molecule has 0 spiro atoms. The summed E-state index contributed by atoms with van der Waals surface area (Å²) in [6.07, 6.45) is 7.19. The zero-order valence-electron chi connectivity index (χ0n) is 11.3. The molecule has 20 heavy (non-hydrogen) atoms. The highest BCUT2D eigenvalue weighted by Gasteiger charge is 1.96. The van der Waals surface area contributed by atoms with Crippen molar-refractivity contribution in [3.05, 3.63) is 48.5 Å². The standard InChI is InChI=1S/C16H17ClN2O/c17-8-2-1-5-15-6-3-7-16(13-15)20-12-4-10-19-11-9-18-14-19/h3,6-7,9,11,13-14H,2,4,8,10,12H2. The second-order valence-electron chi connectivity index (χ2n) is 4.27. The fraction of sp³-hybridized carbons (Fsp3) is 0.312. The zero-order chi connectivity index (χ0) is 14.0. The third-order valence-electron chi connectivity index (χ3n) is 2.67. The summed E-state index contributed by atoms with van der Waals surface area (Å²) in [4.78, 5) is 4.00. The van der Waals surface area contributed by atoms with Crippen molar-refractivity contribution in [1.29, 1.82) is 0 Å². The fourth-order valence-electron chi connectivity index (χ4n) is 1.73. The van der Waals surface area contributed by atoms with Crippen LogP contribution in [0, 0.1) is 11.8 Å². The van der Waals surface area contributed by atoms with E-state index in [4.69, 9.17) is 16.3 Å². The summed E-state index contributed by atoms with van der Waals surface area (Å²) in [5.41, 5.74) is 0.960. The molecule has 0 bridgehead atoms. The summed E-state index contributed by atoms with van der Waals surface area (Å²) in [6, 6.07) is 7.83. The number of halogens is 1. The Labute approximate surface area is 124 Å².